The van der Waals surface area contributed by atoms with Crippen LogP contribution < -0.4 is 5.73 Å². The van der Waals surface area contributed by atoms with Gasteiger partial charge in [-0.25, -0.2) is 23.7 Å². The molecule has 3 heterocycles. The van der Waals surface area contributed by atoms with Gasteiger partial charge in [-0.1, -0.05) is 63.2 Å². The molecule has 6 atom stereocenters. The summed E-state index contributed by atoms with van der Waals surface area (Å²) in [5.74, 6) is 7.11. The highest BCUT2D eigenvalue weighted by Gasteiger charge is 2.44. The number of fused-ring (bicyclic) bond motifs is 1. The Morgan fingerprint density at radius 2 is 1.88 bits per heavy atom. The average molecular weight is 927 g/mol. The number of phosphoric ester groups is 1. The minimum atomic E-state index is -5.73. The minimum absolute atomic E-state index is 0.0693. The van der Waals surface area contributed by atoms with Gasteiger partial charge in [0, 0.05) is 30.4 Å². The normalized spacial score (nSPS) is 20.2. The third kappa shape index (κ3) is 17.7. The summed E-state index contributed by atoms with van der Waals surface area (Å²) in [5.41, 5.74) is 6.99. The van der Waals surface area contributed by atoms with E-state index >= 15 is 0 Å². The number of nitrogen functional groups attached to an aromatic ring is 1. The first-order chi connectivity index (χ1) is 26.2. The molecular weight excluding hydrogens is 878 g/mol. The van der Waals surface area contributed by atoms with Crippen LogP contribution in [-0.2, 0) is 71.2 Å². The second-order valence-electron chi connectivity index (χ2n) is 12.7. The number of phosphoric acid groups is 3. The molecule has 318 valence electrons. The van der Waals surface area contributed by atoms with E-state index in [9.17, 15) is 28.3 Å². The number of aromatic nitrogens is 3. The second-order valence-corrected chi connectivity index (χ2v) is 23.2. The van der Waals surface area contributed by atoms with E-state index in [2.05, 4.69) is 51.2 Å². The maximum Gasteiger partial charge on any atom is 0.490 e. The molecule has 0 aliphatic carbocycles. The molecule has 56 heavy (non-hydrogen) atoms. The lowest BCUT2D eigenvalue weighted by molar-refractivity contribution is -0.143. The van der Waals surface area contributed by atoms with Crippen molar-refractivity contribution in [2.24, 2.45) is 0 Å². The monoisotopic (exact) mass is 926 g/mol. The summed E-state index contributed by atoms with van der Waals surface area (Å²) in [6.07, 6.45) is 4.33. The molecule has 26 heteroatoms. The maximum atomic E-state index is 12.4. The Labute approximate surface area is 340 Å². The molecule has 19 nitrogen and oxygen atoms in total. The SMILES string of the molecule is CCCC(C)(C)SSCOCCCCOC(=O)CCC#Cc1cn([C@H]2C[C@H](OCS(=S)CC)[C@@H](COP(=O)(O)OP(=O)(O)OP(=O)(O)O)O2)c2ncnc(N)c12. The number of hydrogen-bond donors (Lipinski definition) is 5. The van der Waals surface area contributed by atoms with E-state index < -0.39 is 58.0 Å². The number of ether oxygens (including phenoxy) is 4. The smallest absolute Gasteiger partial charge is 0.466 e. The molecule has 1 aliphatic heterocycles. The summed E-state index contributed by atoms with van der Waals surface area (Å²) < 4.78 is 72.6. The molecule has 1 fully saturated rings. The second kappa shape index (κ2) is 23.1. The molecule has 1 saturated heterocycles. The molecule has 6 N–H and O–H groups in total. The number of nitrogens with zero attached hydrogens (tertiary/aromatic N) is 3. The molecule has 2 aromatic rings. The van der Waals surface area contributed by atoms with E-state index in [0.29, 0.717) is 41.3 Å². The molecule has 1 aliphatic rings. The molecule has 0 aromatic carbocycles. The standard InChI is InChI=1S/C30H49N4O15P3S4/c1-5-13-30(3,4)55-54-20-43-14-9-10-15-44-26(35)12-8-7-11-22-17-34(29-27(22)28(31)32-19-33-29)25-16-23(45-21-56(53)6-2)24(47-25)18-46-51(39,40)49-52(41,42)48-50(36,37)38/h17,19,23-25H,5-6,8-10,12-16,18,20-21H2,1-4H3,(H,39,40)(H,41,42)(H2,31,32,33)(H2,36,37,38)/t23-,24+,25+,56?/m0/s1. The summed E-state index contributed by atoms with van der Waals surface area (Å²) in [6, 6.07) is 0. The van der Waals surface area contributed by atoms with Crippen molar-refractivity contribution in [3.8, 4) is 11.8 Å². The summed E-state index contributed by atoms with van der Waals surface area (Å²) in [5, 5.41) is 0.419. The molecule has 0 radical (unpaired) electrons. The number of unbranched alkanes of at least 4 members (excludes halogenated alkanes) is 1. The minimum Gasteiger partial charge on any atom is -0.466 e. The first-order valence-corrected chi connectivity index (χ1v) is 26.6. The third-order valence-corrected chi connectivity index (χ3v) is 16.4. The van der Waals surface area contributed by atoms with Crippen LogP contribution in [-0.4, -0.2) is 94.5 Å². The van der Waals surface area contributed by atoms with Crippen LogP contribution in [0.25, 0.3) is 11.0 Å². The molecule has 0 saturated carbocycles. The van der Waals surface area contributed by atoms with Gasteiger partial charge in [0.2, 0.25) is 0 Å². The summed E-state index contributed by atoms with van der Waals surface area (Å²) in [6.45, 7) is 8.65. The summed E-state index contributed by atoms with van der Waals surface area (Å²) in [7, 11) is -13.8. The zero-order chi connectivity index (χ0) is 41.6. The van der Waals surface area contributed by atoms with Crippen molar-refractivity contribution in [3.63, 3.8) is 0 Å². The quantitative estimate of drug-likeness (QED) is 0.0206. The molecule has 3 rings (SSSR count). The Bertz CT molecular complexity index is 1840. The van der Waals surface area contributed by atoms with Crippen molar-refractivity contribution in [1.82, 2.24) is 14.5 Å². The fourth-order valence-electron chi connectivity index (χ4n) is 5.14. The summed E-state index contributed by atoms with van der Waals surface area (Å²) >= 11 is 5.37. The molecule has 2 aromatic heterocycles. The highest BCUT2D eigenvalue weighted by molar-refractivity contribution is 8.77. The highest BCUT2D eigenvalue weighted by Crippen LogP contribution is 2.66. The molecule has 3 unspecified atom stereocenters. The van der Waals surface area contributed by atoms with Crippen LogP contribution in [0.2, 0.25) is 0 Å². The van der Waals surface area contributed by atoms with E-state index in [4.69, 9.17) is 50.2 Å². The Morgan fingerprint density at radius 1 is 1.14 bits per heavy atom. The van der Waals surface area contributed by atoms with Crippen molar-refractivity contribution in [2.45, 2.75) is 95.8 Å². The third-order valence-electron chi connectivity index (χ3n) is 7.57. The van der Waals surface area contributed by atoms with Crippen LogP contribution in [0.1, 0.15) is 84.4 Å². The van der Waals surface area contributed by atoms with Gasteiger partial charge in [-0.2, -0.15) is 8.62 Å². The van der Waals surface area contributed by atoms with Gasteiger partial charge in [0.1, 0.15) is 36.1 Å². The number of hydrogen-bond acceptors (Lipinski definition) is 17. The first kappa shape index (κ1) is 49.4. The number of anilines is 1. The van der Waals surface area contributed by atoms with Crippen molar-refractivity contribution in [2.75, 3.05) is 43.2 Å². The van der Waals surface area contributed by atoms with Gasteiger partial charge in [-0.15, -0.1) is 0 Å². The fraction of sp³-hybridized carbons (Fsp3) is 0.700. The Hall–Kier alpha value is -0.990. The van der Waals surface area contributed by atoms with Crippen molar-refractivity contribution >= 4 is 88.5 Å². The van der Waals surface area contributed by atoms with Crippen molar-refractivity contribution in [1.29, 1.82) is 0 Å². The lowest BCUT2D eigenvalue weighted by atomic mass is 10.1. The number of rotatable bonds is 25. The van der Waals surface area contributed by atoms with Crippen LogP contribution in [0.3, 0.4) is 0 Å². The van der Waals surface area contributed by atoms with Crippen LogP contribution in [0.15, 0.2) is 12.5 Å². The van der Waals surface area contributed by atoms with Gasteiger partial charge in [0.25, 0.3) is 0 Å². The Balaban J connectivity index is 1.59. The van der Waals surface area contributed by atoms with Gasteiger partial charge in [0.15, 0.2) is 0 Å². The zero-order valence-corrected chi connectivity index (χ0v) is 37.2. The molecule has 0 bridgehead atoms. The molecular formula is C30H49N4O15P3S4. The van der Waals surface area contributed by atoms with Crippen LogP contribution in [0.5, 0.6) is 0 Å². The average Bonchev–Trinajstić information content (AvgIpc) is 3.67. The fourth-order valence-corrected chi connectivity index (χ4v) is 11.2. The van der Waals surface area contributed by atoms with Crippen LogP contribution in [0.4, 0.5) is 5.82 Å². The van der Waals surface area contributed by atoms with Crippen LogP contribution in [0, 0.1) is 11.8 Å². The van der Waals surface area contributed by atoms with Crippen molar-refractivity contribution in [3.05, 3.63) is 18.1 Å². The Kier molecular flexibility index (Phi) is 20.4. The van der Waals surface area contributed by atoms with Gasteiger partial charge in [-0.3, -0.25) is 9.32 Å². The summed E-state index contributed by atoms with van der Waals surface area (Å²) in [4.78, 5) is 57.8. The number of nitrogens with two attached hydrogens (primary N) is 1. The lowest BCUT2D eigenvalue weighted by Crippen LogP contribution is -2.30. The van der Waals surface area contributed by atoms with Crippen LogP contribution >= 0.6 is 45.1 Å². The van der Waals surface area contributed by atoms with E-state index in [1.54, 1.807) is 21.6 Å². The van der Waals surface area contributed by atoms with E-state index in [0.717, 1.165) is 19.3 Å². The first-order valence-electron chi connectivity index (χ1n) is 17.3. The lowest BCUT2D eigenvalue weighted by Gasteiger charge is -2.22. The van der Waals surface area contributed by atoms with Gasteiger partial charge >= 0.3 is 29.4 Å². The predicted octanol–water partition coefficient (Wildman–Crippen LogP) is 5.48. The van der Waals surface area contributed by atoms with E-state index in [1.807, 2.05) is 17.7 Å². The van der Waals surface area contributed by atoms with E-state index in [1.165, 1.54) is 6.33 Å². The van der Waals surface area contributed by atoms with E-state index in [-0.39, 0.29) is 48.3 Å². The van der Waals surface area contributed by atoms with Gasteiger partial charge in [0.05, 0.1) is 42.6 Å². The highest BCUT2D eigenvalue weighted by atomic mass is 33.1. The molecule has 0 spiro atoms. The van der Waals surface area contributed by atoms with Crippen molar-refractivity contribution < 1.29 is 70.2 Å². The van der Waals surface area contributed by atoms with Gasteiger partial charge in [-0.05, 0) is 50.1 Å². The predicted molar refractivity (Wildman–Crippen MR) is 217 cm³/mol. The molecule has 0 amide bonds. The topological polar surface area (TPSA) is 271 Å². The van der Waals surface area contributed by atoms with Gasteiger partial charge < -0.3 is 48.8 Å². The maximum absolute atomic E-state index is 12.4. The largest absolute Gasteiger partial charge is 0.490 e. The zero-order valence-electron chi connectivity index (χ0n) is 31.3. The number of esters is 1. The number of carbonyl (C=O) groups is 1. The Morgan fingerprint density at radius 3 is 2.57 bits per heavy atom. The number of carbonyl (C=O) groups excluding carboxylic acids is 1.